The fraction of sp³-hybridized carbons (Fsp3) is 0.214. The molecule has 0 bridgehead atoms. The van der Waals surface area contributed by atoms with Gasteiger partial charge in [-0.25, -0.2) is 4.79 Å². The van der Waals surface area contributed by atoms with Crippen LogP contribution in [0.3, 0.4) is 0 Å². The average molecular weight is 542 g/mol. The predicted molar refractivity (Wildman–Crippen MR) is 147 cm³/mol. The number of allylic oxidation sites excluding steroid dienone is 1. The van der Waals surface area contributed by atoms with E-state index >= 15 is 0 Å². The number of fused-ring (bicyclic) bond motifs is 1. The third-order valence-corrected chi connectivity index (χ3v) is 7.62. The van der Waals surface area contributed by atoms with Crippen LogP contribution in [-0.2, 0) is 16.6 Å². The summed E-state index contributed by atoms with van der Waals surface area (Å²) in [6.45, 7) is 2.10. The van der Waals surface area contributed by atoms with Crippen molar-refractivity contribution in [3.8, 4) is 16.8 Å². The topological polar surface area (TPSA) is 121 Å². The number of aryl methyl sites for hydroxylation is 1. The van der Waals surface area contributed by atoms with Gasteiger partial charge in [0.25, 0.3) is 0 Å². The molecule has 1 N–H and O–H groups in total. The standard InChI is InChI=1S/C28H24ClN7O3/c1-28(25-10-8-23(32-25)17-3-6-21(7-4-17)31-27(37)39-2)12-11-18-13-19(15-36(38)26(18)28)22-14-20(29)5-9-24(22)35-16-30-33-34-35/h3-9,13-16H,10-12H2,1-2H3,(H,31,37). The van der Waals surface area contributed by atoms with Crippen molar-refractivity contribution in [3.05, 3.63) is 94.2 Å². The number of halogens is 1. The molecule has 1 aliphatic carbocycles. The number of carbonyl (C=O) groups is 1. The minimum Gasteiger partial charge on any atom is -0.618 e. The Morgan fingerprint density at radius 3 is 2.74 bits per heavy atom. The number of benzene rings is 2. The van der Waals surface area contributed by atoms with E-state index in [1.807, 2.05) is 24.3 Å². The van der Waals surface area contributed by atoms with Crippen molar-refractivity contribution < 1.29 is 14.3 Å². The summed E-state index contributed by atoms with van der Waals surface area (Å²) in [5.41, 5.74) is 6.84. The van der Waals surface area contributed by atoms with E-state index in [1.54, 1.807) is 29.1 Å². The molecule has 3 heterocycles. The van der Waals surface area contributed by atoms with Crippen molar-refractivity contribution in [2.75, 3.05) is 12.4 Å². The van der Waals surface area contributed by atoms with Gasteiger partial charge in [0, 0.05) is 39.5 Å². The molecule has 0 saturated heterocycles. The lowest BCUT2D eigenvalue weighted by Crippen LogP contribution is -2.43. The number of hydrogen-bond donors (Lipinski definition) is 1. The molecule has 10 nitrogen and oxygen atoms in total. The number of anilines is 1. The molecule has 4 aromatic rings. The zero-order valence-corrected chi connectivity index (χ0v) is 22.0. The normalized spacial score (nSPS) is 17.9. The summed E-state index contributed by atoms with van der Waals surface area (Å²) in [5, 5.41) is 28.3. The SMILES string of the molecule is COC(=O)Nc1ccc(C2=CCC(C3(C)CCc4cc(-c5cc(Cl)ccc5-n5cnnn5)c[n+]([O-])c43)=N2)cc1. The maximum absolute atomic E-state index is 13.6. The lowest BCUT2D eigenvalue weighted by atomic mass is 9.81. The second kappa shape index (κ2) is 9.63. The number of tetrazole rings is 1. The summed E-state index contributed by atoms with van der Waals surface area (Å²) in [4.78, 5) is 16.4. The van der Waals surface area contributed by atoms with Crippen LogP contribution in [0.2, 0.25) is 5.02 Å². The molecule has 1 aliphatic heterocycles. The van der Waals surface area contributed by atoms with Crippen molar-refractivity contribution in [1.82, 2.24) is 20.2 Å². The number of aromatic nitrogens is 5. The first-order chi connectivity index (χ1) is 18.9. The highest BCUT2D eigenvalue weighted by Gasteiger charge is 2.46. The molecule has 196 valence electrons. The number of rotatable bonds is 5. The highest BCUT2D eigenvalue weighted by atomic mass is 35.5. The van der Waals surface area contributed by atoms with Gasteiger partial charge in [-0.05, 0) is 72.2 Å². The maximum atomic E-state index is 13.6. The smallest absolute Gasteiger partial charge is 0.411 e. The number of nitrogens with one attached hydrogen (secondary N) is 1. The lowest BCUT2D eigenvalue weighted by molar-refractivity contribution is -0.616. The minimum absolute atomic E-state index is 0.493. The van der Waals surface area contributed by atoms with Crippen LogP contribution in [0.5, 0.6) is 0 Å². The largest absolute Gasteiger partial charge is 0.618 e. The summed E-state index contributed by atoms with van der Waals surface area (Å²) in [6.07, 6.45) is 6.86. The number of ether oxygens (including phenoxy) is 1. The summed E-state index contributed by atoms with van der Waals surface area (Å²) in [6, 6.07) is 14.9. The average Bonchev–Trinajstić information content (AvgIpc) is 3.70. The van der Waals surface area contributed by atoms with E-state index in [9.17, 15) is 10.0 Å². The van der Waals surface area contributed by atoms with Gasteiger partial charge in [-0.1, -0.05) is 29.8 Å². The first-order valence-corrected chi connectivity index (χ1v) is 12.8. The quantitative estimate of drug-likeness (QED) is 0.284. The summed E-state index contributed by atoms with van der Waals surface area (Å²) in [7, 11) is 1.32. The first kappa shape index (κ1) is 24.7. The molecule has 11 heteroatoms. The molecule has 39 heavy (non-hydrogen) atoms. The lowest BCUT2D eigenvalue weighted by Gasteiger charge is -2.24. The molecule has 0 spiro atoms. The van der Waals surface area contributed by atoms with Gasteiger partial charge in [0.1, 0.15) is 6.33 Å². The minimum atomic E-state index is -0.521. The Bertz CT molecular complexity index is 1650. The van der Waals surface area contributed by atoms with Crippen LogP contribution >= 0.6 is 11.6 Å². The Morgan fingerprint density at radius 1 is 1.18 bits per heavy atom. The molecule has 6 rings (SSSR count). The molecule has 1 atom stereocenters. The number of carbonyl (C=O) groups excluding carboxylic acids is 1. The molecule has 0 fully saturated rings. The fourth-order valence-corrected chi connectivity index (χ4v) is 5.58. The van der Waals surface area contributed by atoms with Crippen molar-refractivity contribution in [2.45, 2.75) is 31.6 Å². The molecular weight excluding hydrogens is 518 g/mol. The van der Waals surface area contributed by atoms with E-state index in [-0.39, 0.29) is 0 Å². The van der Waals surface area contributed by atoms with E-state index in [1.165, 1.54) is 13.4 Å². The molecule has 1 unspecified atom stereocenters. The zero-order chi connectivity index (χ0) is 27.1. The number of nitrogens with zero attached hydrogens (tertiary/aromatic N) is 6. The summed E-state index contributed by atoms with van der Waals surface area (Å²) in [5.74, 6) is 0. The van der Waals surface area contributed by atoms with Crippen LogP contribution in [-0.4, -0.2) is 39.1 Å². The van der Waals surface area contributed by atoms with Crippen molar-refractivity contribution in [1.29, 1.82) is 0 Å². The predicted octanol–water partition coefficient (Wildman–Crippen LogP) is 4.88. The van der Waals surface area contributed by atoms with Crippen LogP contribution in [0, 0.1) is 5.21 Å². The van der Waals surface area contributed by atoms with Gasteiger partial charge in [-0.15, -0.1) is 5.10 Å². The molecule has 2 aliphatic rings. The highest BCUT2D eigenvalue weighted by molar-refractivity contribution is 6.31. The van der Waals surface area contributed by atoms with Crippen molar-refractivity contribution in [2.24, 2.45) is 4.99 Å². The molecular formula is C28H24ClN7O3. The van der Waals surface area contributed by atoms with E-state index in [2.05, 4.69) is 44.6 Å². The molecule has 0 saturated carbocycles. The van der Waals surface area contributed by atoms with Gasteiger partial charge in [-0.3, -0.25) is 10.3 Å². The third-order valence-electron chi connectivity index (χ3n) is 7.39. The van der Waals surface area contributed by atoms with Gasteiger partial charge in [0.2, 0.25) is 5.69 Å². The third kappa shape index (κ3) is 4.42. The first-order valence-electron chi connectivity index (χ1n) is 12.4. The monoisotopic (exact) mass is 541 g/mol. The fourth-order valence-electron chi connectivity index (χ4n) is 5.41. The molecule has 2 aromatic heterocycles. The summed E-state index contributed by atoms with van der Waals surface area (Å²) >= 11 is 6.33. The van der Waals surface area contributed by atoms with Gasteiger partial charge in [0.05, 0.1) is 23.9 Å². The van der Waals surface area contributed by atoms with Crippen molar-refractivity contribution >= 4 is 34.8 Å². The highest BCUT2D eigenvalue weighted by Crippen LogP contribution is 2.43. The molecule has 2 aromatic carbocycles. The van der Waals surface area contributed by atoms with Crippen molar-refractivity contribution in [3.63, 3.8) is 0 Å². The Hall–Kier alpha value is -4.57. The van der Waals surface area contributed by atoms with Crippen LogP contribution in [0.15, 0.2) is 72.1 Å². The van der Waals surface area contributed by atoms with Crippen LogP contribution in [0.4, 0.5) is 10.5 Å². The van der Waals surface area contributed by atoms with Gasteiger partial charge < -0.3 is 9.94 Å². The zero-order valence-electron chi connectivity index (χ0n) is 21.3. The Balaban J connectivity index is 1.31. The van der Waals surface area contributed by atoms with Gasteiger partial charge in [-0.2, -0.15) is 9.41 Å². The molecule has 1 amide bonds. The second-order valence-electron chi connectivity index (χ2n) is 9.72. The second-order valence-corrected chi connectivity index (χ2v) is 10.2. The van der Waals surface area contributed by atoms with E-state index in [0.717, 1.165) is 62.6 Å². The van der Waals surface area contributed by atoms with E-state index < -0.39 is 11.5 Å². The number of pyridine rings is 1. The summed E-state index contributed by atoms with van der Waals surface area (Å²) < 4.78 is 7.17. The Labute approximate surface area is 229 Å². The Kier molecular flexibility index (Phi) is 6.11. The Morgan fingerprint density at radius 2 is 2.00 bits per heavy atom. The molecule has 0 radical (unpaired) electrons. The number of aliphatic imine (C=N–C) groups is 1. The van der Waals surface area contributed by atoms with E-state index in [0.29, 0.717) is 17.1 Å². The van der Waals surface area contributed by atoms with Crippen LogP contribution in [0.1, 0.15) is 36.6 Å². The van der Waals surface area contributed by atoms with Crippen LogP contribution in [0.25, 0.3) is 22.5 Å². The van der Waals surface area contributed by atoms with Gasteiger partial charge >= 0.3 is 6.09 Å². The number of hydrogen-bond acceptors (Lipinski definition) is 7. The number of amides is 1. The van der Waals surface area contributed by atoms with E-state index in [4.69, 9.17) is 16.6 Å². The van der Waals surface area contributed by atoms with Crippen LogP contribution < -0.4 is 10.0 Å². The van der Waals surface area contributed by atoms with Gasteiger partial charge in [0.15, 0.2) is 6.20 Å². The number of methoxy groups -OCH3 is 1. The maximum Gasteiger partial charge on any atom is 0.411 e.